The predicted octanol–water partition coefficient (Wildman–Crippen LogP) is 2.94. The van der Waals surface area contributed by atoms with Gasteiger partial charge < -0.3 is 9.84 Å². The Kier molecular flexibility index (Phi) is 3.85. The molecule has 1 saturated carbocycles. The zero-order chi connectivity index (χ0) is 11.5. The lowest BCUT2D eigenvalue weighted by Crippen LogP contribution is -2.31. The highest BCUT2D eigenvalue weighted by atomic mass is 35.5. The van der Waals surface area contributed by atoms with Crippen LogP contribution in [0.3, 0.4) is 0 Å². The number of hydrogen-bond acceptors (Lipinski definition) is 2. The number of aliphatic hydroxyl groups excluding tert-OH is 1. The highest BCUT2D eigenvalue weighted by molar-refractivity contribution is 6.31. The van der Waals surface area contributed by atoms with Crippen LogP contribution >= 0.6 is 11.6 Å². The second-order valence-corrected chi connectivity index (χ2v) is 5.00. The number of ether oxygens (including phenoxy) is 1. The van der Waals surface area contributed by atoms with Gasteiger partial charge in [-0.15, -0.1) is 0 Å². The van der Waals surface area contributed by atoms with Gasteiger partial charge in [-0.3, -0.25) is 0 Å². The lowest BCUT2D eigenvalue weighted by atomic mass is 9.83. The van der Waals surface area contributed by atoms with Gasteiger partial charge in [-0.2, -0.15) is 0 Å². The quantitative estimate of drug-likeness (QED) is 0.877. The van der Waals surface area contributed by atoms with E-state index < -0.39 is 0 Å². The molecular weight excluding hydrogens is 224 g/mol. The van der Waals surface area contributed by atoms with Crippen molar-refractivity contribution >= 4 is 11.6 Å². The van der Waals surface area contributed by atoms with Crippen LogP contribution in [-0.2, 0) is 11.3 Å². The van der Waals surface area contributed by atoms with Crippen molar-refractivity contribution in [1.82, 2.24) is 0 Å². The molecule has 0 unspecified atom stereocenters. The molecule has 0 amide bonds. The summed E-state index contributed by atoms with van der Waals surface area (Å²) in [7, 11) is 0. The molecule has 0 aromatic heterocycles. The summed E-state index contributed by atoms with van der Waals surface area (Å²) in [6.45, 7) is 3.37. The number of benzene rings is 1. The van der Waals surface area contributed by atoms with E-state index in [0.717, 1.165) is 35.6 Å². The minimum Gasteiger partial charge on any atom is -0.393 e. The molecule has 0 saturated heterocycles. The van der Waals surface area contributed by atoms with Crippen LogP contribution in [0.15, 0.2) is 18.2 Å². The van der Waals surface area contributed by atoms with Crippen molar-refractivity contribution in [2.24, 2.45) is 5.92 Å². The zero-order valence-electron chi connectivity index (χ0n) is 9.45. The normalized spacial score (nSPS) is 24.2. The third kappa shape index (κ3) is 2.97. The van der Waals surface area contributed by atoms with E-state index in [9.17, 15) is 0 Å². The molecule has 16 heavy (non-hydrogen) atoms. The predicted molar refractivity (Wildman–Crippen MR) is 64.6 cm³/mol. The van der Waals surface area contributed by atoms with Crippen molar-refractivity contribution in [1.29, 1.82) is 0 Å². The minimum atomic E-state index is -0.0913. The Morgan fingerprint density at radius 3 is 2.81 bits per heavy atom. The second-order valence-electron chi connectivity index (χ2n) is 4.59. The second kappa shape index (κ2) is 5.17. The van der Waals surface area contributed by atoms with Crippen LogP contribution in [0, 0.1) is 12.8 Å². The van der Waals surface area contributed by atoms with Crippen LogP contribution in [0.2, 0.25) is 5.02 Å². The highest BCUT2D eigenvalue weighted by Crippen LogP contribution is 2.27. The first-order valence-corrected chi connectivity index (χ1v) is 6.04. The summed E-state index contributed by atoms with van der Waals surface area (Å²) in [4.78, 5) is 0. The molecule has 0 spiro atoms. The molecule has 2 rings (SSSR count). The number of aliphatic hydroxyl groups is 1. The summed E-state index contributed by atoms with van der Waals surface area (Å²) >= 11 is 5.94. The Hall–Kier alpha value is -0.570. The van der Waals surface area contributed by atoms with Gasteiger partial charge in [-0.05, 0) is 42.9 Å². The standard InChI is InChI=1S/C13H17ClO2/c1-9-4-10(2-3-13(9)14)7-16-8-11-5-12(15)6-11/h2-4,11-12,15H,5-8H2,1H3. The van der Waals surface area contributed by atoms with Gasteiger partial charge >= 0.3 is 0 Å². The average molecular weight is 241 g/mol. The fraction of sp³-hybridized carbons (Fsp3) is 0.538. The molecule has 1 aliphatic carbocycles. The van der Waals surface area contributed by atoms with Crippen molar-refractivity contribution in [3.05, 3.63) is 34.3 Å². The van der Waals surface area contributed by atoms with Crippen molar-refractivity contribution < 1.29 is 9.84 Å². The van der Waals surface area contributed by atoms with Gasteiger partial charge in [0.2, 0.25) is 0 Å². The molecule has 0 bridgehead atoms. The molecule has 1 aromatic rings. The molecule has 3 heteroatoms. The van der Waals surface area contributed by atoms with E-state index in [1.165, 1.54) is 0 Å². The summed E-state index contributed by atoms with van der Waals surface area (Å²) in [5.74, 6) is 0.545. The van der Waals surface area contributed by atoms with Gasteiger partial charge in [0.25, 0.3) is 0 Å². The summed E-state index contributed by atoms with van der Waals surface area (Å²) in [6, 6.07) is 5.95. The van der Waals surface area contributed by atoms with Crippen LogP contribution in [0.5, 0.6) is 0 Å². The molecule has 88 valence electrons. The van der Waals surface area contributed by atoms with Crippen LogP contribution in [0.4, 0.5) is 0 Å². The van der Waals surface area contributed by atoms with E-state index in [2.05, 4.69) is 6.07 Å². The molecule has 0 atom stereocenters. The summed E-state index contributed by atoms with van der Waals surface area (Å²) in [6.07, 6.45) is 1.69. The van der Waals surface area contributed by atoms with E-state index in [4.69, 9.17) is 21.4 Å². The molecule has 2 nitrogen and oxygen atoms in total. The molecule has 0 aliphatic heterocycles. The van der Waals surface area contributed by atoms with E-state index in [0.29, 0.717) is 12.5 Å². The van der Waals surface area contributed by atoms with Crippen LogP contribution in [-0.4, -0.2) is 17.8 Å². The third-order valence-corrected chi connectivity index (χ3v) is 3.48. The Labute approximate surface area is 101 Å². The smallest absolute Gasteiger partial charge is 0.0717 e. The Morgan fingerprint density at radius 1 is 1.44 bits per heavy atom. The van der Waals surface area contributed by atoms with Gasteiger partial charge in [-0.1, -0.05) is 23.7 Å². The largest absolute Gasteiger partial charge is 0.393 e. The van der Waals surface area contributed by atoms with Crippen LogP contribution in [0.1, 0.15) is 24.0 Å². The monoisotopic (exact) mass is 240 g/mol. The average Bonchev–Trinajstić information content (AvgIpc) is 2.21. The molecule has 1 aromatic carbocycles. The SMILES string of the molecule is Cc1cc(COCC2CC(O)C2)ccc1Cl. The molecule has 0 heterocycles. The van der Waals surface area contributed by atoms with E-state index >= 15 is 0 Å². The maximum Gasteiger partial charge on any atom is 0.0717 e. The Bertz CT molecular complexity index is 359. The number of halogens is 1. The first kappa shape index (κ1) is 11.9. The van der Waals surface area contributed by atoms with Gasteiger partial charge in [0.15, 0.2) is 0 Å². The third-order valence-electron chi connectivity index (χ3n) is 3.06. The molecule has 1 fully saturated rings. The topological polar surface area (TPSA) is 29.5 Å². The summed E-state index contributed by atoms with van der Waals surface area (Å²) in [5, 5.41) is 9.93. The highest BCUT2D eigenvalue weighted by Gasteiger charge is 2.26. The summed E-state index contributed by atoms with van der Waals surface area (Å²) < 4.78 is 5.61. The Morgan fingerprint density at radius 2 is 2.19 bits per heavy atom. The van der Waals surface area contributed by atoms with Gasteiger partial charge in [-0.25, -0.2) is 0 Å². The maximum atomic E-state index is 9.13. The van der Waals surface area contributed by atoms with E-state index in [1.54, 1.807) is 0 Å². The zero-order valence-corrected chi connectivity index (χ0v) is 10.2. The van der Waals surface area contributed by atoms with Crippen molar-refractivity contribution in [2.45, 2.75) is 32.5 Å². The van der Waals surface area contributed by atoms with Crippen LogP contribution in [0.25, 0.3) is 0 Å². The summed E-state index contributed by atoms with van der Waals surface area (Å²) in [5.41, 5.74) is 2.24. The van der Waals surface area contributed by atoms with Crippen molar-refractivity contribution in [3.8, 4) is 0 Å². The van der Waals surface area contributed by atoms with Gasteiger partial charge in [0.1, 0.15) is 0 Å². The fourth-order valence-corrected chi connectivity index (χ4v) is 2.09. The first-order chi connectivity index (χ1) is 7.65. The van der Waals surface area contributed by atoms with Gasteiger partial charge in [0, 0.05) is 5.02 Å². The lowest BCUT2D eigenvalue weighted by molar-refractivity contribution is -0.0145. The molecule has 1 N–H and O–H groups in total. The number of aryl methyl sites for hydroxylation is 1. The number of hydrogen-bond donors (Lipinski definition) is 1. The fourth-order valence-electron chi connectivity index (χ4n) is 1.98. The Balaban J connectivity index is 1.74. The molecule has 1 aliphatic rings. The minimum absolute atomic E-state index is 0.0913. The van der Waals surface area contributed by atoms with E-state index in [-0.39, 0.29) is 6.10 Å². The van der Waals surface area contributed by atoms with Gasteiger partial charge in [0.05, 0.1) is 19.3 Å². The van der Waals surface area contributed by atoms with Crippen molar-refractivity contribution in [2.75, 3.05) is 6.61 Å². The molecule has 0 radical (unpaired) electrons. The van der Waals surface area contributed by atoms with Crippen LogP contribution < -0.4 is 0 Å². The van der Waals surface area contributed by atoms with E-state index in [1.807, 2.05) is 19.1 Å². The van der Waals surface area contributed by atoms with Crippen molar-refractivity contribution in [3.63, 3.8) is 0 Å². The molecular formula is C13H17ClO2. The number of rotatable bonds is 4. The maximum absolute atomic E-state index is 9.13. The lowest BCUT2D eigenvalue weighted by Gasteiger charge is -2.30. The first-order valence-electron chi connectivity index (χ1n) is 5.66.